The highest BCUT2D eigenvalue weighted by atomic mass is 16.2. The van der Waals surface area contributed by atoms with Crippen LogP contribution in [0.4, 0.5) is 9.59 Å². The molecule has 6 amide bonds. The van der Waals surface area contributed by atoms with Crippen LogP contribution < -0.4 is 22.1 Å². The van der Waals surface area contributed by atoms with E-state index in [0.29, 0.717) is 6.42 Å². The van der Waals surface area contributed by atoms with Crippen molar-refractivity contribution in [1.29, 1.82) is 0 Å². The van der Waals surface area contributed by atoms with Gasteiger partial charge in [-0.2, -0.15) is 0 Å². The van der Waals surface area contributed by atoms with Crippen molar-refractivity contribution in [3.05, 3.63) is 12.2 Å². The molecule has 8 nitrogen and oxygen atoms in total. The Morgan fingerprint density at radius 2 is 1.21 bits per heavy atom. The maximum absolute atomic E-state index is 11.9. The molecule has 2 aliphatic carbocycles. The van der Waals surface area contributed by atoms with Gasteiger partial charge in [-0.25, -0.2) is 9.59 Å². The second-order valence-electron chi connectivity index (χ2n) is 4.71. The van der Waals surface area contributed by atoms with Crippen molar-refractivity contribution >= 4 is 23.9 Å². The second-order valence-corrected chi connectivity index (χ2v) is 4.71. The molecule has 19 heavy (non-hydrogen) atoms. The number of carbonyl (C=O) groups is 4. The van der Waals surface area contributed by atoms with E-state index in [-0.39, 0.29) is 11.8 Å². The summed E-state index contributed by atoms with van der Waals surface area (Å²) < 4.78 is 0. The minimum Gasteiger partial charge on any atom is -0.351 e. The van der Waals surface area contributed by atoms with Crippen molar-refractivity contribution in [2.75, 3.05) is 0 Å². The van der Waals surface area contributed by atoms with Crippen LogP contribution in [-0.2, 0) is 9.59 Å². The fourth-order valence-electron chi connectivity index (χ4n) is 2.95. The van der Waals surface area contributed by atoms with Crippen LogP contribution in [0.15, 0.2) is 12.2 Å². The predicted molar refractivity (Wildman–Crippen MR) is 63.2 cm³/mol. The molecule has 6 N–H and O–H groups in total. The lowest BCUT2D eigenvalue weighted by atomic mass is 9.81. The Morgan fingerprint density at radius 3 is 1.53 bits per heavy atom. The first-order valence-corrected chi connectivity index (χ1v) is 5.79. The number of hydrogen-bond donors (Lipinski definition) is 4. The largest absolute Gasteiger partial charge is 0.351 e. The summed E-state index contributed by atoms with van der Waals surface area (Å²) in [5, 5.41) is 3.96. The molecule has 0 saturated heterocycles. The van der Waals surface area contributed by atoms with E-state index in [1.54, 1.807) is 0 Å². The summed E-state index contributed by atoms with van der Waals surface area (Å²) in [5.74, 6) is -2.88. The van der Waals surface area contributed by atoms with Gasteiger partial charge >= 0.3 is 12.1 Å². The van der Waals surface area contributed by atoms with Gasteiger partial charge in [-0.3, -0.25) is 20.2 Å². The van der Waals surface area contributed by atoms with Gasteiger partial charge in [-0.1, -0.05) is 12.2 Å². The Kier molecular flexibility index (Phi) is 3.24. The maximum atomic E-state index is 11.9. The molecule has 0 heterocycles. The number of urea groups is 2. The number of allylic oxidation sites excluding steroid dienone is 2. The number of nitrogens with one attached hydrogen (secondary N) is 2. The summed E-state index contributed by atoms with van der Waals surface area (Å²) in [6, 6.07) is -1.93. The minimum atomic E-state index is -0.967. The molecule has 0 radical (unpaired) electrons. The van der Waals surface area contributed by atoms with Crippen LogP contribution in [0, 0.1) is 23.7 Å². The Bertz CT molecular complexity index is 445. The molecular weight excluding hydrogens is 252 g/mol. The smallest absolute Gasteiger partial charge is 0.318 e. The van der Waals surface area contributed by atoms with Crippen LogP contribution >= 0.6 is 0 Å². The van der Waals surface area contributed by atoms with Gasteiger partial charge in [0.2, 0.25) is 11.8 Å². The van der Waals surface area contributed by atoms with Gasteiger partial charge in [-0.15, -0.1) is 0 Å². The zero-order chi connectivity index (χ0) is 14.2. The summed E-state index contributed by atoms with van der Waals surface area (Å²) in [4.78, 5) is 45.3. The number of primary amides is 2. The summed E-state index contributed by atoms with van der Waals surface area (Å²) in [6.07, 6.45) is 4.31. The van der Waals surface area contributed by atoms with Gasteiger partial charge in [0.1, 0.15) is 0 Å². The summed E-state index contributed by atoms with van der Waals surface area (Å²) >= 11 is 0. The Balaban J connectivity index is 2.18. The number of carbonyl (C=O) groups excluding carboxylic acids is 4. The van der Waals surface area contributed by atoms with Gasteiger partial charge < -0.3 is 11.5 Å². The molecule has 0 aromatic carbocycles. The number of amides is 6. The lowest BCUT2D eigenvalue weighted by Crippen LogP contribution is -2.48. The first kappa shape index (κ1) is 13.1. The fourth-order valence-corrected chi connectivity index (χ4v) is 2.95. The Morgan fingerprint density at radius 1 is 0.842 bits per heavy atom. The molecule has 1 fully saturated rings. The fraction of sp³-hybridized carbons (Fsp3) is 0.455. The zero-order valence-corrected chi connectivity index (χ0v) is 9.96. The highest BCUT2D eigenvalue weighted by Crippen LogP contribution is 2.48. The van der Waals surface area contributed by atoms with Gasteiger partial charge in [0.15, 0.2) is 0 Å². The molecule has 0 aromatic rings. The molecule has 0 aromatic heterocycles. The lowest BCUT2D eigenvalue weighted by molar-refractivity contribution is -0.134. The van der Waals surface area contributed by atoms with E-state index < -0.39 is 35.7 Å². The van der Waals surface area contributed by atoms with Crippen LogP contribution in [0.3, 0.4) is 0 Å². The van der Waals surface area contributed by atoms with Crippen molar-refractivity contribution in [3.63, 3.8) is 0 Å². The maximum Gasteiger partial charge on any atom is 0.318 e. The summed E-state index contributed by atoms with van der Waals surface area (Å²) in [5.41, 5.74) is 9.80. The van der Waals surface area contributed by atoms with Gasteiger partial charge in [0, 0.05) is 0 Å². The average molecular weight is 266 g/mol. The summed E-state index contributed by atoms with van der Waals surface area (Å²) in [7, 11) is 0. The molecular formula is C11H14N4O4. The predicted octanol–water partition coefficient (Wildman–Crippen LogP) is -1.19. The van der Waals surface area contributed by atoms with E-state index >= 15 is 0 Å². The van der Waals surface area contributed by atoms with E-state index in [4.69, 9.17) is 11.5 Å². The zero-order valence-electron chi connectivity index (χ0n) is 9.96. The average Bonchev–Trinajstić information content (AvgIpc) is 2.85. The lowest BCUT2D eigenvalue weighted by Gasteiger charge is -2.25. The van der Waals surface area contributed by atoms with Crippen molar-refractivity contribution in [2.45, 2.75) is 6.42 Å². The first-order chi connectivity index (χ1) is 8.90. The van der Waals surface area contributed by atoms with Crippen LogP contribution in [0.25, 0.3) is 0 Å². The van der Waals surface area contributed by atoms with E-state index in [1.807, 2.05) is 22.8 Å². The minimum absolute atomic E-state index is 0.132. The van der Waals surface area contributed by atoms with E-state index in [1.165, 1.54) is 0 Å². The number of rotatable bonds is 2. The SMILES string of the molecule is NC(=O)NC(=O)[C@@H]1[C@H](C(=O)NC(N)=O)[C@@H]2C=C[C@H]1C2. The monoisotopic (exact) mass is 266 g/mol. The van der Waals surface area contributed by atoms with E-state index in [9.17, 15) is 19.2 Å². The van der Waals surface area contributed by atoms with Gasteiger partial charge in [0.25, 0.3) is 0 Å². The molecule has 102 valence electrons. The molecule has 8 heteroatoms. The molecule has 0 aliphatic heterocycles. The highest BCUT2D eigenvalue weighted by molar-refractivity contribution is 6.01. The highest BCUT2D eigenvalue weighted by Gasteiger charge is 2.51. The molecule has 2 bridgehead atoms. The Labute approximate surface area is 108 Å². The summed E-state index contributed by atoms with van der Waals surface area (Å²) in [6.45, 7) is 0. The van der Waals surface area contributed by atoms with Gasteiger partial charge in [-0.05, 0) is 18.3 Å². The third kappa shape index (κ3) is 2.42. The van der Waals surface area contributed by atoms with Crippen molar-refractivity contribution in [2.24, 2.45) is 35.1 Å². The molecule has 0 unspecified atom stereocenters. The third-order valence-corrected chi connectivity index (χ3v) is 3.56. The normalized spacial score (nSPS) is 30.9. The second kappa shape index (κ2) is 4.71. The van der Waals surface area contributed by atoms with Gasteiger partial charge in [0.05, 0.1) is 11.8 Å². The number of imide groups is 2. The van der Waals surface area contributed by atoms with Crippen molar-refractivity contribution in [1.82, 2.24) is 10.6 Å². The van der Waals surface area contributed by atoms with Crippen molar-refractivity contribution < 1.29 is 19.2 Å². The van der Waals surface area contributed by atoms with Crippen molar-refractivity contribution in [3.8, 4) is 0 Å². The van der Waals surface area contributed by atoms with Crippen LogP contribution in [0.5, 0.6) is 0 Å². The molecule has 0 spiro atoms. The number of hydrogen-bond acceptors (Lipinski definition) is 4. The topological polar surface area (TPSA) is 144 Å². The third-order valence-electron chi connectivity index (χ3n) is 3.56. The van der Waals surface area contributed by atoms with Crippen LogP contribution in [-0.4, -0.2) is 23.9 Å². The molecule has 2 rings (SSSR count). The van der Waals surface area contributed by atoms with E-state index in [2.05, 4.69) is 0 Å². The molecule has 2 aliphatic rings. The standard InChI is InChI=1S/C11H14N4O4/c12-10(18)14-8(16)6-4-1-2-5(3-4)7(6)9(17)15-11(13)19/h1-2,4-7H,3H2,(H3,12,14,16,18)(H3,13,15,17,19)/t4-,5+,6-,7+. The van der Waals surface area contributed by atoms with Crippen LogP contribution in [0.1, 0.15) is 6.42 Å². The van der Waals surface area contributed by atoms with E-state index in [0.717, 1.165) is 0 Å². The molecule has 4 atom stereocenters. The molecule has 1 saturated carbocycles. The number of nitrogens with two attached hydrogens (primary N) is 2. The Hall–Kier alpha value is -2.38. The first-order valence-electron chi connectivity index (χ1n) is 5.79. The van der Waals surface area contributed by atoms with Crippen LogP contribution in [0.2, 0.25) is 0 Å². The quantitative estimate of drug-likeness (QED) is 0.466. The number of fused-ring (bicyclic) bond motifs is 2.